The fraction of sp³-hybridized carbons (Fsp3) is 0.938. The molecule has 1 aliphatic carbocycles. The molecule has 4 unspecified atom stereocenters. The topological polar surface area (TPSA) is 36.9 Å². The number of rotatable bonds is 1. The molecule has 4 heteroatoms. The third kappa shape index (κ3) is 2.22. The molecule has 3 fully saturated rings. The number of nitrogens with one attached hydrogen (secondary N) is 1. The van der Waals surface area contributed by atoms with Crippen LogP contribution in [0.25, 0.3) is 0 Å². The second kappa shape index (κ2) is 5.21. The fourth-order valence-electron chi connectivity index (χ4n) is 4.44. The molecule has 2 saturated heterocycles. The Bertz CT molecular complexity index is 393. The zero-order valence-electron chi connectivity index (χ0n) is 13.4. The number of hydrogen-bond acceptors (Lipinski definition) is 2. The first kappa shape index (κ1) is 14.2. The van der Waals surface area contributed by atoms with Crippen LogP contribution < -0.4 is 5.32 Å². The number of fused-ring (bicyclic) bond motifs is 1. The van der Waals surface area contributed by atoms with Gasteiger partial charge in [0.15, 0.2) is 5.96 Å². The monoisotopic (exact) mass is 279 g/mol. The van der Waals surface area contributed by atoms with Gasteiger partial charge in [0.25, 0.3) is 0 Å². The standard InChI is InChI=1S/C16H29N3O/c1-11-6-5-8-19(10-11)15(17-4)18-13-12-7-9-20-14(12)16(13,2)3/h11-14H,5-10H2,1-4H3,(H,17,18). The van der Waals surface area contributed by atoms with Crippen molar-refractivity contribution < 1.29 is 4.74 Å². The van der Waals surface area contributed by atoms with Gasteiger partial charge in [-0.3, -0.25) is 4.99 Å². The molecule has 0 aromatic rings. The Labute approximate surface area is 123 Å². The summed E-state index contributed by atoms with van der Waals surface area (Å²) < 4.78 is 5.88. The Balaban J connectivity index is 1.66. The SMILES string of the molecule is CN=C(NC1C2CCOC2C1(C)C)N1CCCC(C)C1. The number of ether oxygens (including phenoxy) is 1. The second-order valence-electron chi connectivity index (χ2n) is 7.43. The summed E-state index contributed by atoms with van der Waals surface area (Å²) in [5.41, 5.74) is 0.221. The van der Waals surface area contributed by atoms with Crippen molar-refractivity contribution >= 4 is 5.96 Å². The molecule has 0 radical (unpaired) electrons. The van der Waals surface area contributed by atoms with Gasteiger partial charge in [-0.25, -0.2) is 0 Å². The van der Waals surface area contributed by atoms with E-state index in [9.17, 15) is 0 Å². The number of likely N-dealkylation sites (tertiary alicyclic amines) is 1. The Morgan fingerprint density at radius 2 is 2.15 bits per heavy atom. The van der Waals surface area contributed by atoms with E-state index in [1.54, 1.807) is 0 Å². The lowest BCUT2D eigenvalue weighted by Crippen LogP contribution is -2.68. The van der Waals surface area contributed by atoms with Crippen LogP contribution in [0, 0.1) is 17.3 Å². The summed E-state index contributed by atoms with van der Waals surface area (Å²) in [7, 11) is 1.91. The molecule has 4 atom stereocenters. The van der Waals surface area contributed by atoms with E-state index < -0.39 is 0 Å². The van der Waals surface area contributed by atoms with Crippen molar-refractivity contribution in [1.82, 2.24) is 10.2 Å². The van der Waals surface area contributed by atoms with Gasteiger partial charge >= 0.3 is 0 Å². The minimum Gasteiger partial charge on any atom is -0.377 e. The van der Waals surface area contributed by atoms with Gasteiger partial charge in [-0.05, 0) is 25.2 Å². The van der Waals surface area contributed by atoms with Crippen LogP contribution in [0.1, 0.15) is 40.0 Å². The summed E-state index contributed by atoms with van der Waals surface area (Å²) in [6, 6.07) is 0.505. The van der Waals surface area contributed by atoms with Crippen molar-refractivity contribution in [3.8, 4) is 0 Å². The molecule has 4 nitrogen and oxygen atoms in total. The average molecular weight is 279 g/mol. The molecule has 2 aliphatic heterocycles. The van der Waals surface area contributed by atoms with Crippen LogP contribution in [0.2, 0.25) is 0 Å². The Morgan fingerprint density at radius 3 is 2.85 bits per heavy atom. The first-order valence-corrected chi connectivity index (χ1v) is 8.14. The van der Waals surface area contributed by atoms with Crippen molar-refractivity contribution in [2.75, 3.05) is 26.7 Å². The zero-order valence-corrected chi connectivity index (χ0v) is 13.4. The van der Waals surface area contributed by atoms with Crippen molar-refractivity contribution in [2.45, 2.75) is 52.2 Å². The van der Waals surface area contributed by atoms with Gasteiger partial charge in [-0.15, -0.1) is 0 Å². The molecule has 114 valence electrons. The number of aliphatic imine (C=N–C) groups is 1. The third-order valence-electron chi connectivity index (χ3n) is 5.55. The molecule has 2 heterocycles. The highest BCUT2D eigenvalue weighted by atomic mass is 16.5. The zero-order chi connectivity index (χ0) is 14.3. The van der Waals surface area contributed by atoms with Gasteiger partial charge < -0.3 is 15.0 Å². The summed E-state index contributed by atoms with van der Waals surface area (Å²) in [4.78, 5) is 6.98. The number of hydrogen-bond donors (Lipinski definition) is 1. The first-order chi connectivity index (χ1) is 9.54. The quantitative estimate of drug-likeness (QED) is 0.590. The van der Waals surface area contributed by atoms with Gasteiger partial charge in [-0.1, -0.05) is 20.8 Å². The van der Waals surface area contributed by atoms with Gasteiger partial charge in [0.1, 0.15) is 0 Å². The molecule has 0 amide bonds. The smallest absolute Gasteiger partial charge is 0.193 e. The van der Waals surface area contributed by atoms with Gasteiger partial charge in [0.2, 0.25) is 0 Å². The molecule has 0 aromatic carbocycles. The molecule has 1 N–H and O–H groups in total. The lowest BCUT2D eigenvalue weighted by molar-refractivity contribution is -0.107. The average Bonchev–Trinajstić information content (AvgIpc) is 2.86. The molecule has 0 aromatic heterocycles. The lowest BCUT2D eigenvalue weighted by atomic mass is 9.57. The minimum absolute atomic E-state index is 0.221. The van der Waals surface area contributed by atoms with Gasteiger partial charge in [0, 0.05) is 44.1 Å². The molecule has 0 bridgehead atoms. The van der Waals surface area contributed by atoms with Crippen molar-refractivity contribution in [1.29, 1.82) is 0 Å². The summed E-state index contributed by atoms with van der Waals surface area (Å²) >= 11 is 0. The van der Waals surface area contributed by atoms with E-state index >= 15 is 0 Å². The predicted octanol–water partition coefficient (Wildman–Crippen LogP) is 2.11. The van der Waals surface area contributed by atoms with E-state index in [4.69, 9.17) is 4.74 Å². The highest BCUT2D eigenvalue weighted by molar-refractivity contribution is 5.80. The molecular formula is C16H29N3O. The minimum atomic E-state index is 0.221. The van der Waals surface area contributed by atoms with E-state index in [1.807, 2.05) is 7.05 Å². The highest BCUT2D eigenvalue weighted by Crippen LogP contribution is 2.52. The van der Waals surface area contributed by atoms with Gasteiger partial charge in [-0.2, -0.15) is 0 Å². The molecule has 1 saturated carbocycles. The van der Waals surface area contributed by atoms with Crippen molar-refractivity contribution in [3.05, 3.63) is 0 Å². The van der Waals surface area contributed by atoms with Crippen LogP contribution in [0.4, 0.5) is 0 Å². The van der Waals surface area contributed by atoms with Crippen LogP contribution in [-0.4, -0.2) is 49.7 Å². The van der Waals surface area contributed by atoms with Crippen LogP contribution in [-0.2, 0) is 4.74 Å². The Kier molecular flexibility index (Phi) is 3.69. The van der Waals surface area contributed by atoms with E-state index in [-0.39, 0.29) is 5.41 Å². The van der Waals surface area contributed by atoms with Crippen molar-refractivity contribution in [3.63, 3.8) is 0 Å². The van der Waals surface area contributed by atoms with E-state index in [1.165, 1.54) is 19.3 Å². The Morgan fingerprint density at radius 1 is 1.35 bits per heavy atom. The number of piperidine rings is 1. The molecule has 3 aliphatic rings. The second-order valence-corrected chi connectivity index (χ2v) is 7.43. The van der Waals surface area contributed by atoms with Crippen LogP contribution in [0.15, 0.2) is 4.99 Å². The van der Waals surface area contributed by atoms with Gasteiger partial charge in [0.05, 0.1) is 6.10 Å². The summed E-state index contributed by atoms with van der Waals surface area (Å²) in [6.45, 7) is 10.2. The van der Waals surface area contributed by atoms with E-state index in [2.05, 4.69) is 36.0 Å². The first-order valence-electron chi connectivity index (χ1n) is 8.14. The maximum atomic E-state index is 5.88. The normalized spacial score (nSPS) is 40.2. The maximum Gasteiger partial charge on any atom is 0.193 e. The van der Waals surface area contributed by atoms with E-state index in [0.717, 1.165) is 31.6 Å². The molecule has 0 spiro atoms. The largest absolute Gasteiger partial charge is 0.377 e. The lowest BCUT2D eigenvalue weighted by Gasteiger charge is -2.55. The molecule has 3 rings (SSSR count). The molecule has 20 heavy (non-hydrogen) atoms. The summed E-state index contributed by atoms with van der Waals surface area (Å²) in [6.07, 6.45) is 4.27. The summed E-state index contributed by atoms with van der Waals surface area (Å²) in [5.74, 6) is 2.54. The maximum absolute atomic E-state index is 5.88. The van der Waals surface area contributed by atoms with Crippen LogP contribution in [0.3, 0.4) is 0 Å². The summed E-state index contributed by atoms with van der Waals surface area (Å²) in [5, 5.41) is 3.75. The third-order valence-corrected chi connectivity index (χ3v) is 5.55. The predicted molar refractivity (Wildman–Crippen MR) is 81.9 cm³/mol. The Hall–Kier alpha value is -0.770. The van der Waals surface area contributed by atoms with Crippen LogP contribution >= 0.6 is 0 Å². The molecular weight excluding hydrogens is 250 g/mol. The fourth-order valence-corrected chi connectivity index (χ4v) is 4.44. The number of nitrogens with zero attached hydrogens (tertiary/aromatic N) is 2. The van der Waals surface area contributed by atoms with Crippen LogP contribution in [0.5, 0.6) is 0 Å². The highest BCUT2D eigenvalue weighted by Gasteiger charge is 2.59. The van der Waals surface area contributed by atoms with Crippen molar-refractivity contribution in [2.24, 2.45) is 22.2 Å². The van der Waals surface area contributed by atoms with E-state index in [0.29, 0.717) is 18.1 Å². The number of guanidine groups is 1.